The van der Waals surface area contributed by atoms with Crippen molar-refractivity contribution < 1.29 is 9.59 Å². The van der Waals surface area contributed by atoms with Gasteiger partial charge in [-0.2, -0.15) is 0 Å². The number of nitrogens with one attached hydrogen (secondary N) is 2. The molecular weight excluding hydrogens is 302 g/mol. The van der Waals surface area contributed by atoms with E-state index in [0.29, 0.717) is 19.6 Å². The van der Waals surface area contributed by atoms with Crippen LogP contribution in [-0.2, 0) is 16.0 Å². The number of aromatic nitrogens is 1. The third-order valence-electron chi connectivity index (χ3n) is 4.93. The summed E-state index contributed by atoms with van der Waals surface area (Å²) in [5.74, 6) is 0.253. The van der Waals surface area contributed by atoms with Crippen molar-refractivity contribution in [3.05, 3.63) is 35.5 Å². The van der Waals surface area contributed by atoms with Crippen molar-refractivity contribution in [2.24, 2.45) is 5.92 Å². The average Bonchev–Trinajstić information content (AvgIpc) is 2.97. The molecule has 0 unspecified atom stereocenters. The zero-order valence-corrected chi connectivity index (χ0v) is 14.4. The standard InChI is InChI=1S/C19H25N3O2/c1-13-3-4-17-16(12-21-18(17)11-13)5-8-20-19(24)15-6-9-22(10-7-15)14(2)23/h3-4,11-12,15,21H,5-10H2,1-2H3,(H,20,24). The smallest absolute Gasteiger partial charge is 0.223 e. The van der Waals surface area contributed by atoms with Gasteiger partial charge in [-0.1, -0.05) is 12.1 Å². The van der Waals surface area contributed by atoms with E-state index in [-0.39, 0.29) is 17.7 Å². The molecule has 0 spiro atoms. The molecule has 0 aliphatic carbocycles. The summed E-state index contributed by atoms with van der Waals surface area (Å²) in [5, 5.41) is 4.28. The number of hydrogen-bond acceptors (Lipinski definition) is 2. The van der Waals surface area contributed by atoms with Gasteiger partial charge in [-0.15, -0.1) is 0 Å². The molecule has 5 heteroatoms. The molecule has 0 radical (unpaired) electrons. The number of aromatic amines is 1. The number of H-pyrrole nitrogens is 1. The fourth-order valence-electron chi connectivity index (χ4n) is 3.43. The van der Waals surface area contributed by atoms with Crippen LogP contribution < -0.4 is 5.32 Å². The van der Waals surface area contributed by atoms with Crippen LogP contribution in [0.15, 0.2) is 24.4 Å². The summed E-state index contributed by atoms with van der Waals surface area (Å²) >= 11 is 0. The number of likely N-dealkylation sites (tertiary alicyclic amines) is 1. The number of aryl methyl sites for hydroxylation is 1. The van der Waals surface area contributed by atoms with E-state index in [4.69, 9.17) is 0 Å². The van der Waals surface area contributed by atoms with Crippen molar-refractivity contribution >= 4 is 22.7 Å². The normalized spacial score (nSPS) is 15.7. The van der Waals surface area contributed by atoms with Crippen molar-refractivity contribution in [3.8, 4) is 0 Å². The Morgan fingerprint density at radius 2 is 2.04 bits per heavy atom. The van der Waals surface area contributed by atoms with Crippen molar-refractivity contribution in [1.82, 2.24) is 15.2 Å². The van der Waals surface area contributed by atoms with Gasteiger partial charge in [0.05, 0.1) is 0 Å². The highest BCUT2D eigenvalue weighted by Gasteiger charge is 2.25. The summed E-state index contributed by atoms with van der Waals surface area (Å²) in [6.07, 6.45) is 4.37. The monoisotopic (exact) mass is 327 g/mol. The van der Waals surface area contributed by atoms with Crippen LogP contribution in [0, 0.1) is 12.8 Å². The first-order chi connectivity index (χ1) is 11.5. The predicted molar refractivity (Wildman–Crippen MR) is 94.7 cm³/mol. The van der Waals surface area contributed by atoms with Gasteiger partial charge in [-0.25, -0.2) is 0 Å². The van der Waals surface area contributed by atoms with Gasteiger partial charge in [-0.05, 0) is 43.4 Å². The molecule has 128 valence electrons. The Kier molecular flexibility index (Phi) is 4.88. The Hall–Kier alpha value is -2.30. The molecule has 0 atom stereocenters. The van der Waals surface area contributed by atoms with Crippen LogP contribution in [0.5, 0.6) is 0 Å². The average molecular weight is 327 g/mol. The Bertz CT molecular complexity index is 742. The summed E-state index contributed by atoms with van der Waals surface area (Å²) < 4.78 is 0. The largest absolute Gasteiger partial charge is 0.361 e. The zero-order chi connectivity index (χ0) is 17.1. The first-order valence-corrected chi connectivity index (χ1v) is 8.64. The minimum absolute atomic E-state index is 0.0335. The first kappa shape index (κ1) is 16.6. The summed E-state index contributed by atoms with van der Waals surface area (Å²) in [7, 11) is 0. The van der Waals surface area contributed by atoms with Gasteiger partial charge < -0.3 is 15.2 Å². The van der Waals surface area contributed by atoms with Crippen molar-refractivity contribution in [2.75, 3.05) is 19.6 Å². The lowest BCUT2D eigenvalue weighted by molar-refractivity contribution is -0.133. The second kappa shape index (κ2) is 7.07. The summed E-state index contributed by atoms with van der Waals surface area (Å²) in [5.41, 5.74) is 3.62. The maximum Gasteiger partial charge on any atom is 0.223 e. The van der Waals surface area contributed by atoms with E-state index in [1.54, 1.807) is 6.92 Å². The molecule has 1 aromatic heterocycles. The molecule has 1 aliphatic heterocycles. The van der Waals surface area contributed by atoms with Crippen molar-refractivity contribution in [1.29, 1.82) is 0 Å². The van der Waals surface area contributed by atoms with Gasteiger partial charge in [-0.3, -0.25) is 9.59 Å². The zero-order valence-electron chi connectivity index (χ0n) is 14.4. The maximum atomic E-state index is 12.3. The SMILES string of the molecule is CC(=O)N1CCC(C(=O)NCCc2c[nH]c3cc(C)ccc23)CC1. The molecule has 24 heavy (non-hydrogen) atoms. The molecule has 2 heterocycles. The van der Waals surface area contributed by atoms with E-state index in [9.17, 15) is 9.59 Å². The highest BCUT2D eigenvalue weighted by Crippen LogP contribution is 2.20. The summed E-state index contributed by atoms with van der Waals surface area (Å²) in [4.78, 5) is 28.7. The molecule has 0 saturated carbocycles. The third kappa shape index (κ3) is 3.61. The van der Waals surface area contributed by atoms with Crippen LogP contribution in [0.1, 0.15) is 30.9 Å². The molecule has 1 fully saturated rings. The molecule has 1 aliphatic rings. The van der Waals surface area contributed by atoms with Crippen LogP contribution >= 0.6 is 0 Å². The van der Waals surface area contributed by atoms with Crippen LogP contribution in [0.2, 0.25) is 0 Å². The minimum Gasteiger partial charge on any atom is -0.361 e. The number of hydrogen-bond donors (Lipinski definition) is 2. The van der Waals surface area contributed by atoms with Crippen molar-refractivity contribution in [2.45, 2.75) is 33.1 Å². The molecule has 2 N–H and O–H groups in total. The Labute approximate surface area is 142 Å². The molecule has 1 aromatic carbocycles. The second-order valence-corrected chi connectivity index (χ2v) is 6.68. The molecule has 5 nitrogen and oxygen atoms in total. The van der Waals surface area contributed by atoms with Gasteiger partial charge in [0.1, 0.15) is 0 Å². The first-order valence-electron chi connectivity index (χ1n) is 8.64. The molecule has 3 rings (SSSR count). The number of amides is 2. The van der Waals surface area contributed by atoms with Gasteiger partial charge in [0.25, 0.3) is 0 Å². The third-order valence-corrected chi connectivity index (χ3v) is 4.93. The van der Waals surface area contributed by atoms with E-state index in [2.05, 4.69) is 35.4 Å². The van der Waals surface area contributed by atoms with E-state index in [1.165, 1.54) is 16.5 Å². The number of carbonyl (C=O) groups excluding carboxylic acids is 2. The van der Waals surface area contributed by atoms with E-state index >= 15 is 0 Å². The number of nitrogens with zero attached hydrogens (tertiary/aromatic N) is 1. The van der Waals surface area contributed by atoms with Crippen LogP contribution in [0.4, 0.5) is 0 Å². The van der Waals surface area contributed by atoms with Gasteiger partial charge in [0, 0.05) is 49.6 Å². The van der Waals surface area contributed by atoms with E-state index in [1.807, 2.05) is 11.1 Å². The van der Waals surface area contributed by atoms with Crippen molar-refractivity contribution in [3.63, 3.8) is 0 Å². The summed E-state index contributed by atoms with van der Waals surface area (Å²) in [6, 6.07) is 6.39. The minimum atomic E-state index is 0.0335. The highest BCUT2D eigenvalue weighted by molar-refractivity contribution is 5.84. The quantitative estimate of drug-likeness (QED) is 0.905. The second-order valence-electron chi connectivity index (χ2n) is 6.68. The predicted octanol–water partition coefficient (Wildman–Crippen LogP) is 2.39. The fraction of sp³-hybridized carbons (Fsp3) is 0.474. The van der Waals surface area contributed by atoms with Crippen LogP contribution in [0.25, 0.3) is 10.9 Å². The van der Waals surface area contributed by atoms with Crippen LogP contribution in [-0.4, -0.2) is 41.3 Å². The lowest BCUT2D eigenvalue weighted by Crippen LogP contribution is -2.42. The number of piperidine rings is 1. The van der Waals surface area contributed by atoms with Gasteiger partial charge >= 0.3 is 0 Å². The molecule has 2 aromatic rings. The van der Waals surface area contributed by atoms with Crippen LogP contribution in [0.3, 0.4) is 0 Å². The molecular formula is C19H25N3O2. The Morgan fingerprint density at radius 3 is 2.75 bits per heavy atom. The highest BCUT2D eigenvalue weighted by atomic mass is 16.2. The number of fused-ring (bicyclic) bond motifs is 1. The number of rotatable bonds is 4. The van der Waals surface area contributed by atoms with E-state index < -0.39 is 0 Å². The van der Waals surface area contributed by atoms with E-state index in [0.717, 1.165) is 24.8 Å². The molecule has 2 amide bonds. The number of carbonyl (C=O) groups is 2. The molecule has 1 saturated heterocycles. The lowest BCUT2D eigenvalue weighted by Gasteiger charge is -2.30. The topological polar surface area (TPSA) is 65.2 Å². The maximum absolute atomic E-state index is 12.3. The lowest BCUT2D eigenvalue weighted by atomic mass is 9.96. The number of benzene rings is 1. The summed E-state index contributed by atoms with van der Waals surface area (Å²) in [6.45, 7) is 5.69. The van der Waals surface area contributed by atoms with Gasteiger partial charge in [0.2, 0.25) is 11.8 Å². The van der Waals surface area contributed by atoms with Gasteiger partial charge in [0.15, 0.2) is 0 Å². The Morgan fingerprint density at radius 1 is 1.29 bits per heavy atom. The fourth-order valence-corrected chi connectivity index (χ4v) is 3.43. The Balaban J connectivity index is 1.49. The molecule has 0 bridgehead atoms.